The van der Waals surface area contributed by atoms with Crippen LogP contribution in [0.4, 0.5) is 0 Å². The number of halogens is 1. The van der Waals surface area contributed by atoms with Gasteiger partial charge in [-0.05, 0) is 0 Å². The van der Waals surface area contributed by atoms with Crippen molar-refractivity contribution in [3.8, 4) is 0 Å². The molecule has 0 saturated carbocycles. The molecule has 0 aromatic rings. The lowest BCUT2D eigenvalue weighted by atomic mass is 10.8. The van der Waals surface area contributed by atoms with Crippen molar-refractivity contribution in [1.29, 1.82) is 0 Å². The SMILES string of the molecule is CCN(COC)S(=O)(=O)Cl. The molecule has 0 atom stereocenters. The first kappa shape index (κ1) is 10.2. The van der Waals surface area contributed by atoms with Crippen LogP contribution < -0.4 is 0 Å². The van der Waals surface area contributed by atoms with E-state index in [9.17, 15) is 8.42 Å². The van der Waals surface area contributed by atoms with Crippen LogP contribution in [0.5, 0.6) is 0 Å². The summed E-state index contributed by atoms with van der Waals surface area (Å²) in [7, 11) is 2.81. The zero-order chi connectivity index (χ0) is 8.20. The molecule has 0 aromatic carbocycles. The fourth-order valence-corrected chi connectivity index (χ4v) is 1.40. The molecule has 0 amide bonds. The van der Waals surface area contributed by atoms with Gasteiger partial charge in [-0.15, -0.1) is 0 Å². The molecule has 4 nitrogen and oxygen atoms in total. The average Bonchev–Trinajstić information content (AvgIpc) is 1.80. The molecule has 0 rings (SSSR count). The van der Waals surface area contributed by atoms with Crippen LogP contribution in [0, 0.1) is 0 Å². The van der Waals surface area contributed by atoms with Gasteiger partial charge in [-0.1, -0.05) is 6.92 Å². The van der Waals surface area contributed by atoms with Gasteiger partial charge in [0.05, 0.1) is 0 Å². The monoisotopic (exact) mass is 187 g/mol. The fraction of sp³-hybridized carbons (Fsp3) is 1.00. The van der Waals surface area contributed by atoms with Crippen LogP contribution in [-0.4, -0.2) is 33.1 Å². The van der Waals surface area contributed by atoms with Gasteiger partial charge in [-0.3, -0.25) is 0 Å². The Morgan fingerprint density at radius 1 is 1.60 bits per heavy atom. The van der Waals surface area contributed by atoms with E-state index in [1.165, 1.54) is 7.11 Å². The molecule has 10 heavy (non-hydrogen) atoms. The quantitative estimate of drug-likeness (QED) is 0.473. The maximum Gasteiger partial charge on any atom is 0.301 e. The van der Waals surface area contributed by atoms with Crippen LogP contribution in [0.15, 0.2) is 0 Å². The Kier molecular flexibility index (Phi) is 4.19. The molecule has 0 N–H and O–H groups in total. The van der Waals surface area contributed by atoms with Gasteiger partial charge in [0.25, 0.3) is 0 Å². The summed E-state index contributed by atoms with van der Waals surface area (Å²) < 4.78 is 26.7. The lowest BCUT2D eigenvalue weighted by molar-refractivity contribution is 0.122. The van der Waals surface area contributed by atoms with E-state index < -0.39 is 9.24 Å². The highest BCUT2D eigenvalue weighted by atomic mass is 35.7. The molecular weight excluding hydrogens is 178 g/mol. The second-order valence-corrected chi connectivity index (χ2v) is 4.14. The van der Waals surface area contributed by atoms with E-state index in [0.29, 0.717) is 6.54 Å². The molecule has 0 aliphatic heterocycles. The third-order valence-electron chi connectivity index (χ3n) is 0.934. The second-order valence-electron chi connectivity index (χ2n) is 1.63. The first-order valence-corrected chi connectivity index (χ1v) is 4.97. The Bertz CT molecular complexity index is 179. The van der Waals surface area contributed by atoms with Crippen molar-refractivity contribution < 1.29 is 13.2 Å². The first-order valence-electron chi connectivity index (χ1n) is 2.71. The third-order valence-corrected chi connectivity index (χ3v) is 2.50. The molecule has 0 aliphatic rings. The number of nitrogens with zero attached hydrogens (tertiary/aromatic N) is 1. The van der Waals surface area contributed by atoms with Crippen molar-refractivity contribution in [3.63, 3.8) is 0 Å². The molecule has 0 heterocycles. The van der Waals surface area contributed by atoms with E-state index in [-0.39, 0.29) is 6.73 Å². The van der Waals surface area contributed by atoms with E-state index in [0.717, 1.165) is 4.31 Å². The van der Waals surface area contributed by atoms with E-state index in [4.69, 9.17) is 10.7 Å². The van der Waals surface area contributed by atoms with E-state index in [2.05, 4.69) is 4.74 Å². The molecule has 0 saturated heterocycles. The molecule has 0 spiro atoms. The van der Waals surface area contributed by atoms with Gasteiger partial charge in [0, 0.05) is 24.3 Å². The van der Waals surface area contributed by atoms with Gasteiger partial charge in [-0.25, -0.2) is 0 Å². The van der Waals surface area contributed by atoms with Crippen molar-refractivity contribution in [2.24, 2.45) is 0 Å². The lowest BCUT2D eigenvalue weighted by Crippen LogP contribution is -2.28. The van der Waals surface area contributed by atoms with Gasteiger partial charge in [0.15, 0.2) is 0 Å². The van der Waals surface area contributed by atoms with Gasteiger partial charge < -0.3 is 4.74 Å². The minimum atomic E-state index is -3.60. The molecular formula is C4H10ClNO3S. The normalized spacial score (nSPS) is 12.4. The van der Waals surface area contributed by atoms with Crippen LogP contribution in [-0.2, 0) is 14.0 Å². The van der Waals surface area contributed by atoms with E-state index in [1.54, 1.807) is 6.92 Å². The summed E-state index contributed by atoms with van der Waals surface area (Å²) in [4.78, 5) is 0. The van der Waals surface area contributed by atoms with Gasteiger partial charge in [-0.2, -0.15) is 12.7 Å². The minimum Gasteiger partial charge on any atom is -0.368 e. The van der Waals surface area contributed by atoms with Crippen LogP contribution in [0.3, 0.4) is 0 Å². The molecule has 0 aromatic heterocycles. The lowest BCUT2D eigenvalue weighted by Gasteiger charge is -2.13. The summed E-state index contributed by atoms with van der Waals surface area (Å²) in [5, 5.41) is 0. The summed E-state index contributed by atoms with van der Waals surface area (Å²) >= 11 is 0. The number of hydrogen-bond donors (Lipinski definition) is 0. The fourth-order valence-electron chi connectivity index (χ4n) is 0.452. The van der Waals surface area contributed by atoms with Crippen molar-refractivity contribution in [2.75, 3.05) is 20.4 Å². The smallest absolute Gasteiger partial charge is 0.301 e. The van der Waals surface area contributed by atoms with Gasteiger partial charge >= 0.3 is 9.24 Å². The Balaban J connectivity index is 4.08. The average molecular weight is 188 g/mol. The van der Waals surface area contributed by atoms with Crippen molar-refractivity contribution in [3.05, 3.63) is 0 Å². The molecule has 0 unspecified atom stereocenters. The summed E-state index contributed by atoms with van der Waals surface area (Å²) in [6, 6.07) is 0. The maximum absolute atomic E-state index is 10.6. The van der Waals surface area contributed by atoms with Crippen molar-refractivity contribution in [2.45, 2.75) is 6.92 Å². The third kappa shape index (κ3) is 3.36. The second kappa shape index (κ2) is 4.12. The Morgan fingerprint density at radius 2 is 2.10 bits per heavy atom. The van der Waals surface area contributed by atoms with Crippen molar-refractivity contribution in [1.82, 2.24) is 4.31 Å². The number of hydrogen-bond acceptors (Lipinski definition) is 3. The standard InChI is InChI=1S/C4H10ClNO3S/c1-3-6(4-9-2)10(5,7)8/h3-4H2,1-2H3. The predicted molar refractivity (Wildman–Crippen MR) is 39.0 cm³/mol. The highest BCUT2D eigenvalue weighted by Gasteiger charge is 2.15. The molecule has 62 valence electrons. The molecule has 0 fully saturated rings. The Labute approximate surface area is 65.3 Å². The van der Waals surface area contributed by atoms with E-state index in [1.807, 2.05) is 0 Å². The largest absolute Gasteiger partial charge is 0.368 e. The predicted octanol–water partition coefficient (Wildman–Crippen LogP) is 0.396. The molecule has 0 bridgehead atoms. The highest BCUT2D eigenvalue weighted by molar-refractivity contribution is 8.11. The van der Waals surface area contributed by atoms with Crippen LogP contribution in [0.25, 0.3) is 0 Å². The Hall–Kier alpha value is 0.160. The van der Waals surface area contributed by atoms with E-state index >= 15 is 0 Å². The highest BCUT2D eigenvalue weighted by Crippen LogP contribution is 2.04. The van der Waals surface area contributed by atoms with Crippen molar-refractivity contribution >= 4 is 19.9 Å². The summed E-state index contributed by atoms with van der Waals surface area (Å²) in [6.45, 7) is 2.00. The van der Waals surface area contributed by atoms with Crippen LogP contribution in [0.2, 0.25) is 0 Å². The zero-order valence-corrected chi connectivity index (χ0v) is 7.44. The van der Waals surface area contributed by atoms with Gasteiger partial charge in [0.1, 0.15) is 6.73 Å². The number of rotatable bonds is 4. The summed E-state index contributed by atoms with van der Waals surface area (Å²) in [5.74, 6) is 0. The Morgan fingerprint density at radius 3 is 2.20 bits per heavy atom. The molecule has 0 radical (unpaired) electrons. The number of ether oxygens (including phenoxy) is 1. The first-order chi connectivity index (χ1) is 4.52. The molecule has 0 aliphatic carbocycles. The maximum atomic E-state index is 10.6. The van der Waals surface area contributed by atoms with Gasteiger partial charge in [0.2, 0.25) is 0 Å². The topological polar surface area (TPSA) is 46.6 Å². The minimum absolute atomic E-state index is 0.00231. The zero-order valence-electron chi connectivity index (χ0n) is 5.87. The molecule has 6 heteroatoms. The summed E-state index contributed by atoms with van der Waals surface area (Å²) in [5.41, 5.74) is 0. The van der Waals surface area contributed by atoms with Crippen LogP contribution >= 0.6 is 10.7 Å². The number of methoxy groups -OCH3 is 1. The summed E-state index contributed by atoms with van der Waals surface area (Å²) in [6.07, 6.45) is 0. The van der Waals surface area contributed by atoms with Crippen LogP contribution in [0.1, 0.15) is 6.92 Å².